The van der Waals surface area contributed by atoms with E-state index in [4.69, 9.17) is 9.15 Å². The molecule has 3 aromatic rings. The number of benzene rings is 2. The van der Waals surface area contributed by atoms with Gasteiger partial charge in [0.05, 0.1) is 11.5 Å². The summed E-state index contributed by atoms with van der Waals surface area (Å²) >= 11 is 0. The van der Waals surface area contributed by atoms with Gasteiger partial charge in [0.25, 0.3) is 0 Å². The number of ether oxygens (including phenoxy) is 1. The minimum atomic E-state index is -3.59. The molecular formula is C29H40N2O5S. The summed E-state index contributed by atoms with van der Waals surface area (Å²) in [6.07, 6.45) is 5.81. The molecule has 0 N–H and O–H groups in total. The largest absolute Gasteiger partial charge is 0.494 e. The fourth-order valence-electron chi connectivity index (χ4n) is 4.20. The Morgan fingerprint density at radius 1 is 0.919 bits per heavy atom. The van der Waals surface area contributed by atoms with Gasteiger partial charge < -0.3 is 14.1 Å². The van der Waals surface area contributed by atoms with Crippen molar-refractivity contribution in [3.05, 3.63) is 59.4 Å². The van der Waals surface area contributed by atoms with Gasteiger partial charge in [-0.2, -0.15) is 0 Å². The van der Waals surface area contributed by atoms with Crippen molar-refractivity contribution in [2.75, 3.05) is 40.3 Å². The second-order valence-electron chi connectivity index (χ2n) is 9.61. The van der Waals surface area contributed by atoms with E-state index in [2.05, 4.69) is 18.7 Å². The fourth-order valence-corrected chi connectivity index (χ4v) is 5.13. The molecule has 0 atom stereocenters. The van der Waals surface area contributed by atoms with Crippen LogP contribution in [0.25, 0.3) is 11.0 Å². The Morgan fingerprint density at radius 3 is 2.14 bits per heavy atom. The maximum absolute atomic E-state index is 13.2. The average molecular weight is 529 g/mol. The summed E-state index contributed by atoms with van der Waals surface area (Å²) in [5, 5.41) is 0.609. The van der Waals surface area contributed by atoms with Crippen molar-refractivity contribution in [3.8, 4) is 5.75 Å². The van der Waals surface area contributed by atoms with Crippen LogP contribution >= 0.6 is 0 Å². The number of carbonyl (C=O) groups is 1. The molecule has 0 spiro atoms. The van der Waals surface area contributed by atoms with Gasteiger partial charge in [-0.05, 0) is 81.7 Å². The first-order chi connectivity index (χ1) is 17.7. The number of ketones is 1. The van der Waals surface area contributed by atoms with Crippen LogP contribution in [-0.2, 0) is 10.0 Å². The van der Waals surface area contributed by atoms with E-state index in [0.29, 0.717) is 28.7 Å². The molecule has 7 nitrogen and oxygen atoms in total. The second kappa shape index (κ2) is 13.2. The summed E-state index contributed by atoms with van der Waals surface area (Å²) in [6, 6.07) is 11.7. The van der Waals surface area contributed by atoms with Crippen LogP contribution in [-0.4, -0.2) is 63.7 Å². The van der Waals surface area contributed by atoms with Gasteiger partial charge in [-0.25, -0.2) is 12.7 Å². The Labute approximate surface area is 221 Å². The van der Waals surface area contributed by atoms with Crippen LogP contribution in [0.1, 0.15) is 67.6 Å². The maximum Gasteiger partial charge on any atom is 0.242 e. The summed E-state index contributed by atoms with van der Waals surface area (Å²) in [6.45, 7) is 10.2. The topological polar surface area (TPSA) is 80.1 Å². The van der Waals surface area contributed by atoms with Crippen LogP contribution in [0.15, 0.2) is 51.8 Å². The predicted molar refractivity (Wildman–Crippen MR) is 148 cm³/mol. The van der Waals surface area contributed by atoms with Gasteiger partial charge in [0.15, 0.2) is 5.76 Å². The second-order valence-corrected chi connectivity index (χ2v) is 11.8. The normalized spacial score (nSPS) is 12.1. The molecule has 0 unspecified atom stereocenters. The Kier molecular flexibility index (Phi) is 10.3. The highest BCUT2D eigenvalue weighted by Crippen LogP contribution is 2.30. The highest BCUT2D eigenvalue weighted by molar-refractivity contribution is 7.89. The summed E-state index contributed by atoms with van der Waals surface area (Å²) in [5.41, 5.74) is 1.58. The van der Waals surface area contributed by atoms with Crippen molar-refractivity contribution in [2.24, 2.45) is 0 Å². The number of rotatable bonds is 15. The van der Waals surface area contributed by atoms with Crippen LogP contribution in [0.5, 0.6) is 5.75 Å². The number of carbonyl (C=O) groups excluding carboxylic acids is 1. The van der Waals surface area contributed by atoms with Gasteiger partial charge in [0.2, 0.25) is 15.8 Å². The van der Waals surface area contributed by atoms with Crippen molar-refractivity contribution >= 4 is 26.8 Å². The molecule has 8 heteroatoms. The number of nitrogens with zero attached hydrogens (tertiary/aromatic N) is 2. The van der Waals surface area contributed by atoms with Crippen LogP contribution < -0.4 is 4.74 Å². The number of hydrogen-bond acceptors (Lipinski definition) is 6. The minimum absolute atomic E-state index is 0.160. The fraction of sp³-hybridized carbons (Fsp3) is 0.483. The quantitative estimate of drug-likeness (QED) is 0.181. The van der Waals surface area contributed by atoms with Crippen molar-refractivity contribution in [3.63, 3.8) is 0 Å². The van der Waals surface area contributed by atoms with Crippen LogP contribution in [0, 0.1) is 6.92 Å². The molecule has 0 aliphatic carbocycles. The molecular weight excluding hydrogens is 488 g/mol. The third-order valence-electron chi connectivity index (χ3n) is 6.55. The third kappa shape index (κ3) is 7.21. The predicted octanol–water partition coefficient (Wildman–Crippen LogP) is 5.89. The molecule has 3 rings (SSSR count). The summed E-state index contributed by atoms with van der Waals surface area (Å²) in [7, 11) is -0.614. The van der Waals surface area contributed by atoms with E-state index in [-0.39, 0.29) is 16.4 Å². The van der Waals surface area contributed by atoms with Crippen LogP contribution in [0.3, 0.4) is 0 Å². The molecule has 1 aromatic heterocycles. The molecule has 37 heavy (non-hydrogen) atoms. The van der Waals surface area contributed by atoms with E-state index >= 15 is 0 Å². The highest BCUT2D eigenvalue weighted by atomic mass is 32.2. The van der Waals surface area contributed by atoms with E-state index in [1.54, 1.807) is 43.3 Å². The lowest BCUT2D eigenvalue weighted by Gasteiger charge is -2.21. The standard InChI is InChI=1S/C29H40N2O5S/c1-6-8-17-31(18-9-7-2)19-10-20-35-24-13-11-23(12-14-24)28(32)29-22(3)26-21-25(15-16-27(26)36-29)37(33,34)30(4)5/h11-16,21H,6-10,17-20H2,1-5H3. The zero-order valence-electron chi connectivity index (χ0n) is 22.7. The SMILES string of the molecule is CCCCN(CCCC)CCCOc1ccc(C(=O)c2oc3ccc(S(=O)(=O)N(C)C)cc3c2C)cc1. The van der Waals surface area contributed by atoms with Gasteiger partial charge >= 0.3 is 0 Å². The zero-order valence-corrected chi connectivity index (χ0v) is 23.6. The van der Waals surface area contributed by atoms with E-state index in [1.165, 1.54) is 45.8 Å². The first-order valence-electron chi connectivity index (χ1n) is 13.1. The Hall–Kier alpha value is -2.68. The molecule has 0 saturated heterocycles. The van der Waals surface area contributed by atoms with E-state index in [0.717, 1.165) is 36.1 Å². The van der Waals surface area contributed by atoms with Crippen LogP contribution in [0.2, 0.25) is 0 Å². The highest BCUT2D eigenvalue weighted by Gasteiger charge is 2.23. The van der Waals surface area contributed by atoms with E-state index in [9.17, 15) is 13.2 Å². The van der Waals surface area contributed by atoms with Gasteiger partial charge in [0, 0.05) is 37.2 Å². The van der Waals surface area contributed by atoms with E-state index in [1.807, 2.05) is 0 Å². The lowest BCUT2D eigenvalue weighted by molar-refractivity contribution is 0.101. The van der Waals surface area contributed by atoms with Crippen molar-refractivity contribution in [1.29, 1.82) is 0 Å². The Morgan fingerprint density at radius 2 is 1.54 bits per heavy atom. The van der Waals surface area contributed by atoms with Gasteiger partial charge in [-0.3, -0.25) is 4.79 Å². The molecule has 0 aliphatic heterocycles. The zero-order chi connectivity index (χ0) is 27.0. The molecule has 202 valence electrons. The Bertz CT molecular complexity index is 1270. The minimum Gasteiger partial charge on any atom is -0.494 e. The number of sulfonamides is 1. The number of furan rings is 1. The van der Waals surface area contributed by atoms with E-state index < -0.39 is 10.0 Å². The maximum atomic E-state index is 13.2. The molecule has 0 aliphatic rings. The molecule has 2 aromatic carbocycles. The summed E-state index contributed by atoms with van der Waals surface area (Å²) < 4.78 is 37.9. The summed E-state index contributed by atoms with van der Waals surface area (Å²) in [4.78, 5) is 15.9. The Balaban J connectivity index is 1.64. The van der Waals surface area contributed by atoms with Crippen molar-refractivity contribution in [1.82, 2.24) is 9.21 Å². The molecule has 0 saturated carbocycles. The first-order valence-corrected chi connectivity index (χ1v) is 14.6. The number of fused-ring (bicyclic) bond motifs is 1. The van der Waals surface area contributed by atoms with Crippen molar-refractivity contribution in [2.45, 2.75) is 57.8 Å². The number of unbranched alkanes of at least 4 members (excludes halogenated alkanes) is 2. The summed E-state index contributed by atoms with van der Waals surface area (Å²) in [5.74, 6) is 0.687. The monoisotopic (exact) mass is 528 g/mol. The smallest absolute Gasteiger partial charge is 0.242 e. The van der Waals surface area contributed by atoms with Gasteiger partial charge in [0.1, 0.15) is 11.3 Å². The average Bonchev–Trinajstić information content (AvgIpc) is 3.23. The van der Waals surface area contributed by atoms with Gasteiger partial charge in [-0.15, -0.1) is 0 Å². The molecule has 0 fully saturated rings. The molecule has 0 amide bonds. The van der Waals surface area contributed by atoms with Crippen LogP contribution in [0.4, 0.5) is 0 Å². The molecule has 0 radical (unpaired) electrons. The number of hydrogen-bond donors (Lipinski definition) is 0. The lowest BCUT2D eigenvalue weighted by atomic mass is 10.0. The molecule has 0 bridgehead atoms. The first kappa shape index (κ1) is 28.9. The number of aryl methyl sites for hydroxylation is 1. The third-order valence-corrected chi connectivity index (χ3v) is 8.36. The molecule has 1 heterocycles. The van der Waals surface area contributed by atoms with Gasteiger partial charge in [-0.1, -0.05) is 26.7 Å². The lowest BCUT2D eigenvalue weighted by Crippen LogP contribution is -2.28. The van der Waals surface area contributed by atoms with Crippen molar-refractivity contribution < 1.29 is 22.4 Å².